The molecule has 0 spiro atoms. The van der Waals surface area contributed by atoms with Gasteiger partial charge in [0.2, 0.25) is 5.78 Å². The van der Waals surface area contributed by atoms with Crippen LogP contribution in [0, 0.1) is 16.7 Å². The van der Waals surface area contributed by atoms with Gasteiger partial charge in [-0.15, -0.1) is 13.2 Å². The van der Waals surface area contributed by atoms with E-state index >= 15 is 0 Å². The second-order valence-corrected chi connectivity index (χ2v) is 10.7. The lowest BCUT2D eigenvalue weighted by atomic mass is 9.53. The number of rotatable bonds is 8. The van der Waals surface area contributed by atoms with Crippen molar-refractivity contribution in [2.75, 3.05) is 26.8 Å². The number of aliphatic hydroxyl groups is 1. The number of fused-ring (bicyclic) bond motifs is 4. The molecule has 4 aliphatic rings. The van der Waals surface area contributed by atoms with Gasteiger partial charge in [0.05, 0.1) is 17.6 Å². The van der Waals surface area contributed by atoms with Crippen LogP contribution in [0.1, 0.15) is 40.0 Å². The van der Waals surface area contributed by atoms with Crippen molar-refractivity contribution in [3.05, 3.63) is 59.6 Å². The number of ketones is 2. The molecular weight excluding hydrogens is 490 g/mol. The standard InChI is InChI=1S/C29H35NO8/c1-7-11-30(12-8-2)14-17-23-26(34)25(33)22-18-9-10-20(32)28(18,4)13-19(37-16(3)31)24(22)29(23,5)21(15-36-6)38-27(17)35/h7-8,14,18-19,21,34H,1-2,9-13,15H2,3-6H3/b17-14+/t18-,19?,21+,28+,29+/m1/s1. The highest BCUT2D eigenvalue weighted by Crippen LogP contribution is 2.62. The molecule has 0 radical (unpaired) electrons. The van der Waals surface area contributed by atoms with Crippen molar-refractivity contribution >= 4 is 23.5 Å². The van der Waals surface area contributed by atoms with Gasteiger partial charge in [0, 0.05) is 68.6 Å². The summed E-state index contributed by atoms with van der Waals surface area (Å²) in [6.45, 7) is 13.0. The molecule has 38 heavy (non-hydrogen) atoms. The number of methoxy groups -OCH3 is 1. The number of hydrogen-bond donors (Lipinski definition) is 1. The number of Topliss-reactive ketones (excluding diaryl/α,β-unsaturated/α-hetero) is 2. The van der Waals surface area contributed by atoms with Crippen LogP contribution in [0.2, 0.25) is 0 Å². The van der Waals surface area contributed by atoms with Crippen molar-refractivity contribution in [1.29, 1.82) is 0 Å². The van der Waals surface area contributed by atoms with Gasteiger partial charge in [0.25, 0.3) is 0 Å². The predicted molar refractivity (Wildman–Crippen MR) is 138 cm³/mol. The van der Waals surface area contributed by atoms with Crippen molar-refractivity contribution in [2.45, 2.75) is 52.2 Å². The average Bonchev–Trinajstić information content (AvgIpc) is 3.13. The smallest absolute Gasteiger partial charge is 0.340 e. The van der Waals surface area contributed by atoms with Crippen LogP contribution >= 0.6 is 0 Å². The molecule has 3 aliphatic carbocycles. The number of hydrogen-bond acceptors (Lipinski definition) is 9. The molecule has 9 nitrogen and oxygen atoms in total. The molecule has 204 valence electrons. The number of aliphatic hydroxyl groups excluding tert-OH is 1. The van der Waals surface area contributed by atoms with Gasteiger partial charge in [-0.05, 0) is 18.9 Å². The molecule has 1 saturated carbocycles. The van der Waals surface area contributed by atoms with Crippen LogP contribution in [-0.4, -0.2) is 72.5 Å². The fourth-order valence-electron chi connectivity index (χ4n) is 6.78. The van der Waals surface area contributed by atoms with E-state index < -0.39 is 52.4 Å². The number of esters is 2. The summed E-state index contributed by atoms with van der Waals surface area (Å²) >= 11 is 0. The zero-order valence-corrected chi connectivity index (χ0v) is 22.4. The summed E-state index contributed by atoms with van der Waals surface area (Å²) in [7, 11) is 1.46. The maximum atomic E-state index is 14.0. The molecule has 2 fully saturated rings. The van der Waals surface area contributed by atoms with Crippen molar-refractivity contribution in [3.8, 4) is 0 Å². The molecule has 1 saturated heterocycles. The fourth-order valence-corrected chi connectivity index (χ4v) is 6.78. The molecule has 0 aromatic carbocycles. The highest BCUT2D eigenvalue weighted by atomic mass is 16.6. The zero-order chi connectivity index (χ0) is 28.0. The van der Waals surface area contributed by atoms with Crippen molar-refractivity contribution in [1.82, 2.24) is 4.90 Å². The Hall–Kier alpha value is -3.46. The van der Waals surface area contributed by atoms with E-state index in [2.05, 4.69) is 13.2 Å². The first-order valence-electron chi connectivity index (χ1n) is 12.8. The van der Waals surface area contributed by atoms with Crippen LogP contribution in [0.4, 0.5) is 0 Å². The SMILES string of the molecule is C=CCN(/C=C1/C(=O)O[C@@H](COC)[C@@]2(C)C1=C(O)C(=O)C1=C2C(OC(C)=O)C[C@]2(C)C(=O)CC[C@H]12)CC=C. The van der Waals surface area contributed by atoms with E-state index in [1.807, 2.05) is 0 Å². The van der Waals surface area contributed by atoms with Gasteiger partial charge in [-0.3, -0.25) is 14.4 Å². The minimum Gasteiger partial charge on any atom is -0.504 e. The summed E-state index contributed by atoms with van der Waals surface area (Å²) in [6, 6.07) is 0. The Labute approximate surface area is 222 Å². The second-order valence-electron chi connectivity index (χ2n) is 10.7. The number of ether oxygens (including phenoxy) is 3. The molecule has 1 aliphatic heterocycles. The van der Waals surface area contributed by atoms with Crippen molar-refractivity contribution in [3.63, 3.8) is 0 Å². The summed E-state index contributed by atoms with van der Waals surface area (Å²) in [6.07, 6.45) is 3.89. The molecular formula is C29H35NO8. The lowest BCUT2D eigenvalue weighted by Gasteiger charge is -2.53. The van der Waals surface area contributed by atoms with Crippen molar-refractivity contribution in [2.24, 2.45) is 16.7 Å². The largest absolute Gasteiger partial charge is 0.504 e. The van der Waals surface area contributed by atoms with E-state index in [9.17, 15) is 24.3 Å². The number of carbonyl (C=O) groups is 4. The maximum absolute atomic E-state index is 14.0. The molecule has 0 aromatic heterocycles. The van der Waals surface area contributed by atoms with E-state index in [4.69, 9.17) is 14.2 Å². The highest BCUT2D eigenvalue weighted by Gasteiger charge is 2.64. The Morgan fingerprint density at radius 1 is 1.21 bits per heavy atom. The van der Waals surface area contributed by atoms with Gasteiger partial charge in [-0.1, -0.05) is 19.1 Å². The molecule has 1 unspecified atom stereocenters. The Bertz CT molecular complexity index is 1200. The Morgan fingerprint density at radius 3 is 2.45 bits per heavy atom. The first kappa shape index (κ1) is 27.6. The number of allylic oxidation sites excluding steroid dienone is 1. The lowest BCUT2D eigenvalue weighted by molar-refractivity contribution is -0.160. The minimum atomic E-state index is -1.27. The third-order valence-electron chi connectivity index (χ3n) is 8.46. The predicted octanol–water partition coefficient (Wildman–Crippen LogP) is 3.13. The molecule has 1 heterocycles. The average molecular weight is 526 g/mol. The molecule has 9 heteroatoms. The van der Waals surface area contributed by atoms with Crippen LogP contribution in [0.25, 0.3) is 0 Å². The van der Waals surface area contributed by atoms with Gasteiger partial charge >= 0.3 is 11.9 Å². The van der Waals surface area contributed by atoms with Gasteiger partial charge in [0.1, 0.15) is 18.0 Å². The fraction of sp³-hybridized carbons (Fsp3) is 0.517. The van der Waals surface area contributed by atoms with Crippen LogP contribution in [0.5, 0.6) is 0 Å². The first-order valence-corrected chi connectivity index (χ1v) is 12.8. The summed E-state index contributed by atoms with van der Waals surface area (Å²) in [5, 5.41) is 11.5. The summed E-state index contributed by atoms with van der Waals surface area (Å²) in [5.74, 6) is -2.99. The molecule has 5 atom stereocenters. The Balaban J connectivity index is 2.02. The monoisotopic (exact) mass is 525 g/mol. The van der Waals surface area contributed by atoms with Gasteiger partial charge in [0.15, 0.2) is 5.76 Å². The van der Waals surface area contributed by atoms with Crippen LogP contribution in [0.3, 0.4) is 0 Å². The van der Waals surface area contributed by atoms with Crippen LogP contribution < -0.4 is 0 Å². The quantitative estimate of drug-likeness (QED) is 0.290. The third-order valence-corrected chi connectivity index (χ3v) is 8.46. The van der Waals surface area contributed by atoms with E-state index in [0.717, 1.165) is 0 Å². The van der Waals surface area contributed by atoms with Gasteiger partial charge < -0.3 is 24.2 Å². The van der Waals surface area contributed by atoms with E-state index in [0.29, 0.717) is 25.1 Å². The third kappa shape index (κ3) is 4.04. The second kappa shape index (κ2) is 10.0. The van der Waals surface area contributed by atoms with Gasteiger partial charge in [-0.25, -0.2) is 4.79 Å². The molecule has 0 aromatic rings. The molecule has 1 N–H and O–H groups in total. The zero-order valence-electron chi connectivity index (χ0n) is 22.4. The topological polar surface area (TPSA) is 119 Å². The number of nitrogens with zero attached hydrogens (tertiary/aromatic N) is 1. The normalized spacial score (nSPS) is 33.4. The maximum Gasteiger partial charge on any atom is 0.340 e. The lowest BCUT2D eigenvalue weighted by Crippen LogP contribution is -2.57. The Kier molecular flexibility index (Phi) is 7.27. The molecule has 0 bridgehead atoms. The van der Waals surface area contributed by atoms with E-state index in [1.54, 1.807) is 30.9 Å². The van der Waals surface area contributed by atoms with Crippen molar-refractivity contribution < 1.29 is 38.5 Å². The minimum absolute atomic E-state index is 0.00740. The Morgan fingerprint density at radius 2 is 1.87 bits per heavy atom. The molecule has 0 amide bonds. The van der Waals surface area contributed by atoms with E-state index in [-0.39, 0.29) is 42.0 Å². The highest BCUT2D eigenvalue weighted by molar-refractivity contribution is 6.14. The number of cyclic esters (lactones) is 1. The van der Waals surface area contributed by atoms with Gasteiger partial charge in [-0.2, -0.15) is 0 Å². The van der Waals surface area contributed by atoms with Crippen LogP contribution in [0.15, 0.2) is 59.6 Å². The first-order chi connectivity index (χ1) is 17.9. The van der Waals surface area contributed by atoms with E-state index in [1.165, 1.54) is 20.2 Å². The number of carbonyl (C=O) groups excluding carboxylic acids is 4. The van der Waals surface area contributed by atoms with Crippen LogP contribution in [-0.2, 0) is 33.4 Å². The molecule has 4 rings (SSSR count). The summed E-state index contributed by atoms with van der Waals surface area (Å²) < 4.78 is 17.1. The summed E-state index contributed by atoms with van der Waals surface area (Å²) in [5.41, 5.74) is -1.35. The summed E-state index contributed by atoms with van der Waals surface area (Å²) in [4.78, 5) is 54.3.